The Labute approximate surface area is 119 Å². The Balaban J connectivity index is 1.78. The minimum absolute atomic E-state index is 0.704. The van der Waals surface area contributed by atoms with Crippen molar-refractivity contribution in [2.75, 3.05) is 12.3 Å². The summed E-state index contributed by atoms with van der Waals surface area (Å²) in [6.45, 7) is 6.27. The van der Waals surface area contributed by atoms with Crippen LogP contribution in [0.4, 0.5) is 0 Å². The second-order valence-electron chi connectivity index (χ2n) is 4.73. The van der Waals surface area contributed by atoms with Crippen molar-refractivity contribution in [1.82, 2.24) is 5.32 Å². The Morgan fingerprint density at radius 1 is 1.11 bits per heavy atom. The molecule has 2 rings (SSSR count). The average Bonchev–Trinajstić information content (AvgIpc) is 2.88. The molecule has 0 saturated heterocycles. The first-order valence-electron chi connectivity index (χ1n) is 6.72. The molecule has 0 aliphatic carbocycles. The van der Waals surface area contributed by atoms with Gasteiger partial charge in [-0.2, -0.15) is 11.8 Å². The van der Waals surface area contributed by atoms with Crippen LogP contribution in [0.5, 0.6) is 0 Å². The zero-order valence-electron chi connectivity index (χ0n) is 11.6. The predicted octanol–water partition coefficient (Wildman–Crippen LogP) is 4.18. The summed E-state index contributed by atoms with van der Waals surface area (Å²) in [7, 11) is 0. The van der Waals surface area contributed by atoms with Crippen LogP contribution in [0, 0.1) is 0 Å². The molecule has 19 heavy (non-hydrogen) atoms. The van der Waals surface area contributed by atoms with Crippen LogP contribution in [0.15, 0.2) is 46.9 Å². The van der Waals surface area contributed by atoms with Gasteiger partial charge in [0.15, 0.2) is 0 Å². The maximum absolute atomic E-state index is 5.83. The molecule has 0 aliphatic rings. The van der Waals surface area contributed by atoms with Crippen LogP contribution in [0.1, 0.15) is 19.6 Å². The van der Waals surface area contributed by atoms with Crippen molar-refractivity contribution in [2.24, 2.45) is 0 Å². The molecule has 0 saturated carbocycles. The van der Waals surface area contributed by atoms with Crippen LogP contribution in [0.3, 0.4) is 0 Å². The Morgan fingerprint density at radius 3 is 2.63 bits per heavy atom. The molecule has 0 unspecified atom stereocenters. The van der Waals surface area contributed by atoms with Gasteiger partial charge in [0.05, 0.1) is 6.54 Å². The van der Waals surface area contributed by atoms with E-state index in [1.807, 2.05) is 42.1 Å². The third-order valence-electron chi connectivity index (χ3n) is 2.75. The minimum atomic E-state index is 0.704. The first-order chi connectivity index (χ1) is 9.25. The number of benzene rings is 1. The SMILES string of the molecule is CC(C)SCCNCc1ccc(-c2ccccc2)o1. The highest BCUT2D eigenvalue weighted by Crippen LogP contribution is 2.21. The topological polar surface area (TPSA) is 25.2 Å². The van der Waals surface area contributed by atoms with Crippen LogP contribution >= 0.6 is 11.8 Å². The van der Waals surface area contributed by atoms with E-state index >= 15 is 0 Å². The smallest absolute Gasteiger partial charge is 0.134 e. The van der Waals surface area contributed by atoms with E-state index in [0.717, 1.165) is 35.9 Å². The highest BCUT2D eigenvalue weighted by molar-refractivity contribution is 7.99. The van der Waals surface area contributed by atoms with Gasteiger partial charge < -0.3 is 9.73 Å². The van der Waals surface area contributed by atoms with Crippen molar-refractivity contribution in [2.45, 2.75) is 25.6 Å². The first kappa shape index (κ1) is 14.2. The lowest BCUT2D eigenvalue weighted by Crippen LogP contribution is -2.16. The van der Waals surface area contributed by atoms with Gasteiger partial charge in [-0.25, -0.2) is 0 Å². The number of rotatable bonds is 7. The number of thioether (sulfide) groups is 1. The molecule has 0 radical (unpaired) electrons. The Hall–Kier alpha value is -1.19. The zero-order chi connectivity index (χ0) is 13.5. The highest BCUT2D eigenvalue weighted by atomic mass is 32.2. The Morgan fingerprint density at radius 2 is 1.89 bits per heavy atom. The maximum atomic E-state index is 5.83. The highest BCUT2D eigenvalue weighted by Gasteiger charge is 2.03. The number of nitrogens with one attached hydrogen (secondary N) is 1. The zero-order valence-corrected chi connectivity index (χ0v) is 12.4. The van der Waals surface area contributed by atoms with Gasteiger partial charge >= 0.3 is 0 Å². The molecule has 3 heteroatoms. The molecule has 0 fully saturated rings. The van der Waals surface area contributed by atoms with Crippen LogP contribution in [-0.2, 0) is 6.54 Å². The molecular formula is C16H21NOS. The van der Waals surface area contributed by atoms with Crippen molar-refractivity contribution in [3.05, 3.63) is 48.2 Å². The molecule has 0 amide bonds. The summed E-state index contributed by atoms with van der Waals surface area (Å²) in [6.07, 6.45) is 0. The van der Waals surface area contributed by atoms with Gasteiger partial charge in [0.25, 0.3) is 0 Å². The minimum Gasteiger partial charge on any atom is -0.460 e. The van der Waals surface area contributed by atoms with E-state index < -0.39 is 0 Å². The molecular weight excluding hydrogens is 254 g/mol. The molecule has 0 aliphatic heterocycles. The summed E-state index contributed by atoms with van der Waals surface area (Å²) < 4.78 is 5.83. The van der Waals surface area contributed by atoms with E-state index in [9.17, 15) is 0 Å². The third-order valence-corrected chi connectivity index (χ3v) is 3.86. The molecule has 1 aromatic carbocycles. The molecule has 0 atom stereocenters. The van der Waals surface area contributed by atoms with Crippen molar-refractivity contribution in [3.63, 3.8) is 0 Å². The van der Waals surface area contributed by atoms with Crippen molar-refractivity contribution in [1.29, 1.82) is 0 Å². The molecule has 1 N–H and O–H groups in total. The van der Waals surface area contributed by atoms with Crippen molar-refractivity contribution < 1.29 is 4.42 Å². The summed E-state index contributed by atoms with van der Waals surface area (Å²) in [5, 5.41) is 4.11. The lowest BCUT2D eigenvalue weighted by Gasteiger charge is -2.05. The average molecular weight is 275 g/mol. The molecule has 1 heterocycles. The van der Waals surface area contributed by atoms with Crippen LogP contribution in [0.25, 0.3) is 11.3 Å². The molecule has 0 spiro atoms. The lowest BCUT2D eigenvalue weighted by atomic mass is 10.2. The van der Waals surface area contributed by atoms with Crippen LogP contribution < -0.4 is 5.32 Å². The Kier molecular flexibility index (Phi) is 5.55. The van der Waals surface area contributed by atoms with E-state index in [1.54, 1.807) is 0 Å². The molecule has 0 bridgehead atoms. The van der Waals surface area contributed by atoms with Gasteiger partial charge in [0, 0.05) is 17.9 Å². The van der Waals surface area contributed by atoms with Gasteiger partial charge in [-0.3, -0.25) is 0 Å². The molecule has 102 valence electrons. The monoisotopic (exact) mass is 275 g/mol. The summed E-state index contributed by atoms with van der Waals surface area (Å²) in [4.78, 5) is 0. The van der Waals surface area contributed by atoms with E-state index in [2.05, 4.69) is 31.3 Å². The lowest BCUT2D eigenvalue weighted by molar-refractivity contribution is 0.499. The van der Waals surface area contributed by atoms with E-state index in [0.29, 0.717) is 5.25 Å². The van der Waals surface area contributed by atoms with Crippen molar-refractivity contribution >= 4 is 11.8 Å². The summed E-state index contributed by atoms with van der Waals surface area (Å²) in [6, 6.07) is 14.3. The van der Waals surface area contributed by atoms with Gasteiger partial charge in [-0.05, 0) is 17.4 Å². The van der Waals surface area contributed by atoms with Gasteiger partial charge in [-0.1, -0.05) is 44.2 Å². The standard InChI is InChI=1S/C16H21NOS/c1-13(2)19-11-10-17-12-15-8-9-16(18-15)14-6-4-3-5-7-14/h3-9,13,17H,10-12H2,1-2H3. The number of hydrogen-bond donors (Lipinski definition) is 1. The predicted molar refractivity (Wildman–Crippen MR) is 83.4 cm³/mol. The number of furan rings is 1. The van der Waals surface area contributed by atoms with Crippen LogP contribution in [0.2, 0.25) is 0 Å². The quantitative estimate of drug-likeness (QED) is 0.767. The largest absolute Gasteiger partial charge is 0.460 e. The second kappa shape index (κ2) is 7.41. The third kappa shape index (κ3) is 4.77. The van der Waals surface area contributed by atoms with Crippen molar-refractivity contribution in [3.8, 4) is 11.3 Å². The fourth-order valence-corrected chi connectivity index (χ4v) is 2.54. The van der Waals surface area contributed by atoms with E-state index in [1.165, 1.54) is 0 Å². The van der Waals surface area contributed by atoms with Gasteiger partial charge in [0.1, 0.15) is 11.5 Å². The van der Waals surface area contributed by atoms with Gasteiger partial charge in [-0.15, -0.1) is 0 Å². The Bertz CT molecular complexity index is 479. The van der Waals surface area contributed by atoms with E-state index in [4.69, 9.17) is 4.42 Å². The normalized spacial score (nSPS) is 11.1. The fraction of sp³-hybridized carbons (Fsp3) is 0.375. The molecule has 1 aromatic heterocycles. The first-order valence-corrected chi connectivity index (χ1v) is 7.77. The maximum Gasteiger partial charge on any atom is 0.134 e. The summed E-state index contributed by atoms with van der Waals surface area (Å²) in [5.41, 5.74) is 1.13. The summed E-state index contributed by atoms with van der Waals surface area (Å²) in [5.74, 6) is 3.08. The van der Waals surface area contributed by atoms with Crippen LogP contribution in [-0.4, -0.2) is 17.5 Å². The van der Waals surface area contributed by atoms with Gasteiger partial charge in [0.2, 0.25) is 0 Å². The second-order valence-corrected chi connectivity index (χ2v) is 6.41. The molecule has 2 aromatic rings. The summed E-state index contributed by atoms with van der Waals surface area (Å²) >= 11 is 1.98. The van der Waals surface area contributed by atoms with E-state index in [-0.39, 0.29) is 0 Å². The molecule has 2 nitrogen and oxygen atoms in total. The fourth-order valence-electron chi connectivity index (χ4n) is 1.81. The number of hydrogen-bond acceptors (Lipinski definition) is 3.